The second-order valence-corrected chi connectivity index (χ2v) is 7.54. The molecule has 0 atom stereocenters. The van der Waals surface area contributed by atoms with Gasteiger partial charge in [-0.05, 0) is 43.7 Å². The largest absolute Gasteiger partial charge is 0.357 e. The normalized spacial score (nSPS) is 12.0. The first kappa shape index (κ1) is 25.4. The Labute approximate surface area is 206 Å². The SMILES string of the molecule is C=CC=N/C(=C\C)c1ccc2[nH]nc(-c3cc(/C(=C\C=C)c4ccccc4F)c(C)[nH]3)c2c1.CC. The van der Waals surface area contributed by atoms with Gasteiger partial charge >= 0.3 is 0 Å². The second-order valence-electron chi connectivity index (χ2n) is 7.54. The number of hydrogen-bond acceptors (Lipinski definition) is 2. The van der Waals surface area contributed by atoms with Crippen LogP contribution in [0.3, 0.4) is 0 Å². The molecule has 0 saturated heterocycles. The van der Waals surface area contributed by atoms with Crippen molar-refractivity contribution in [2.45, 2.75) is 27.7 Å². The molecule has 4 aromatic rings. The monoisotopic (exact) mass is 466 g/mol. The van der Waals surface area contributed by atoms with Crippen LogP contribution in [0.25, 0.3) is 33.6 Å². The van der Waals surface area contributed by atoms with Crippen molar-refractivity contribution in [3.05, 3.63) is 114 Å². The van der Waals surface area contributed by atoms with E-state index in [-0.39, 0.29) is 5.82 Å². The highest BCUT2D eigenvalue weighted by molar-refractivity contribution is 5.96. The number of hydrogen-bond donors (Lipinski definition) is 2. The van der Waals surface area contributed by atoms with Gasteiger partial charge in [-0.1, -0.05) is 75.6 Å². The van der Waals surface area contributed by atoms with Crippen LogP contribution in [0.4, 0.5) is 4.39 Å². The summed E-state index contributed by atoms with van der Waals surface area (Å²) < 4.78 is 14.6. The molecule has 4 nitrogen and oxygen atoms in total. The van der Waals surface area contributed by atoms with Crippen molar-refractivity contribution < 1.29 is 4.39 Å². The minimum Gasteiger partial charge on any atom is -0.357 e. The van der Waals surface area contributed by atoms with E-state index in [4.69, 9.17) is 0 Å². The van der Waals surface area contributed by atoms with Crippen molar-refractivity contribution in [3.8, 4) is 11.4 Å². The Morgan fingerprint density at radius 1 is 1.03 bits per heavy atom. The Kier molecular flexibility index (Phi) is 8.52. The lowest BCUT2D eigenvalue weighted by molar-refractivity contribution is 0.624. The molecule has 4 rings (SSSR count). The molecule has 2 heterocycles. The average Bonchev–Trinajstić information content (AvgIpc) is 3.48. The number of aliphatic imine (C=N–C) groups is 1. The smallest absolute Gasteiger partial charge is 0.131 e. The van der Waals surface area contributed by atoms with E-state index < -0.39 is 0 Å². The third-order valence-electron chi connectivity index (χ3n) is 5.46. The number of aromatic amines is 2. The van der Waals surface area contributed by atoms with Gasteiger partial charge in [-0.3, -0.25) is 10.1 Å². The van der Waals surface area contributed by atoms with Gasteiger partial charge in [0.05, 0.1) is 16.9 Å². The van der Waals surface area contributed by atoms with Crippen molar-refractivity contribution in [2.75, 3.05) is 0 Å². The van der Waals surface area contributed by atoms with Crippen molar-refractivity contribution in [1.29, 1.82) is 0 Å². The molecule has 0 spiro atoms. The molecule has 0 aliphatic carbocycles. The van der Waals surface area contributed by atoms with Crippen molar-refractivity contribution in [2.24, 2.45) is 4.99 Å². The lowest BCUT2D eigenvalue weighted by atomic mass is 9.97. The number of halogens is 1. The van der Waals surface area contributed by atoms with Gasteiger partial charge in [0, 0.05) is 34.0 Å². The first-order valence-corrected chi connectivity index (χ1v) is 11.6. The third kappa shape index (κ3) is 5.30. The Hall–Kier alpha value is -4.25. The standard InChI is InChI=1S/C28H25FN4.C2H6/c1-5-10-20(21-11-8-9-12-24(21)29)22-17-27(31-18(22)4)28-23-16-19(13-14-26(23)32-33-28)25(7-3)30-15-6-2;1-2/h5-17,31H,1-2H2,3-4H3,(H,32,33);1-2H3/b20-10-,25-7-,30-15?;. The van der Waals surface area contributed by atoms with Gasteiger partial charge in [-0.25, -0.2) is 4.39 Å². The number of aromatic nitrogens is 3. The zero-order valence-corrected chi connectivity index (χ0v) is 20.7. The maximum absolute atomic E-state index is 14.6. The number of rotatable bonds is 7. The Morgan fingerprint density at radius 3 is 2.49 bits per heavy atom. The summed E-state index contributed by atoms with van der Waals surface area (Å²) in [6.45, 7) is 15.4. The number of benzene rings is 2. The van der Waals surface area contributed by atoms with Crippen molar-refractivity contribution >= 4 is 28.4 Å². The zero-order chi connectivity index (χ0) is 25.4. The van der Waals surface area contributed by atoms with Gasteiger partial charge in [0.25, 0.3) is 0 Å². The summed E-state index contributed by atoms with van der Waals surface area (Å²) in [6, 6.07) is 14.8. The number of nitrogens with one attached hydrogen (secondary N) is 2. The van der Waals surface area contributed by atoms with Crippen LogP contribution in [0.1, 0.15) is 43.2 Å². The fraction of sp³-hybridized carbons (Fsp3) is 0.133. The molecule has 0 fully saturated rings. The molecule has 0 radical (unpaired) electrons. The van der Waals surface area contributed by atoms with Crippen LogP contribution in [-0.4, -0.2) is 21.4 Å². The molecule has 2 aromatic heterocycles. The van der Waals surface area contributed by atoms with E-state index in [2.05, 4.69) is 39.4 Å². The van der Waals surface area contributed by atoms with Crippen LogP contribution in [0.15, 0.2) is 91.0 Å². The summed E-state index contributed by atoms with van der Waals surface area (Å²) in [5.74, 6) is -0.276. The molecule has 5 heteroatoms. The highest BCUT2D eigenvalue weighted by Gasteiger charge is 2.18. The van der Waals surface area contributed by atoms with E-state index in [9.17, 15) is 4.39 Å². The fourth-order valence-corrected chi connectivity index (χ4v) is 3.91. The highest BCUT2D eigenvalue weighted by Crippen LogP contribution is 2.34. The maximum atomic E-state index is 14.6. The molecular formula is C30H31FN4. The number of aryl methyl sites for hydroxylation is 1. The quantitative estimate of drug-likeness (QED) is 0.209. The molecule has 0 unspecified atom stereocenters. The minimum atomic E-state index is -0.276. The molecule has 178 valence electrons. The van der Waals surface area contributed by atoms with Crippen molar-refractivity contribution in [3.63, 3.8) is 0 Å². The summed E-state index contributed by atoms with van der Waals surface area (Å²) in [7, 11) is 0. The molecule has 0 saturated carbocycles. The van der Waals surface area contributed by atoms with E-state index >= 15 is 0 Å². The van der Waals surface area contributed by atoms with Crippen LogP contribution in [0.2, 0.25) is 0 Å². The molecule has 0 aliphatic heterocycles. The zero-order valence-electron chi connectivity index (χ0n) is 20.7. The Balaban J connectivity index is 0.00000167. The van der Waals surface area contributed by atoms with Gasteiger partial charge in [0.1, 0.15) is 11.5 Å². The maximum Gasteiger partial charge on any atom is 0.131 e. The lowest BCUT2D eigenvalue weighted by Crippen LogP contribution is -1.92. The molecule has 0 bridgehead atoms. The van der Waals surface area contributed by atoms with E-state index in [0.29, 0.717) is 5.56 Å². The Bertz CT molecular complexity index is 1430. The number of nitrogens with zero attached hydrogens (tertiary/aromatic N) is 2. The predicted molar refractivity (Wildman–Crippen MR) is 148 cm³/mol. The second kappa shape index (κ2) is 11.7. The van der Waals surface area contributed by atoms with Crippen LogP contribution in [0.5, 0.6) is 0 Å². The molecule has 0 aliphatic rings. The van der Waals surface area contributed by atoms with Gasteiger partial charge < -0.3 is 4.98 Å². The van der Waals surface area contributed by atoms with E-state index in [1.165, 1.54) is 6.07 Å². The summed E-state index contributed by atoms with van der Waals surface area (Å²) in [6.07, 6.45) is 8.78. The summed E-state index contributed by atoms with van der Waals surface area (Å²) in [4.78, 5) is 7.88. The molecule has 35 heavy (non-hydrogen) atoms. The third-order valence-corrected chi connectivity index (χ3v) is 5.46. The topological polar surface area (TPSA) is 56.8 Å². The van der Waals surface area contributed by atoms with Gasteiger partial charge in [-0.15, -0.1) is 0 Å². The number of fused-ring (bicyclic) bond motifs is 1. The summed E-state index contributed by atoms with van der Waals surface area (Å²) in [5.41, 5.74) is 7.48. The minimum absolute atomic E-state index is 0.276. The van der Waals surface area contributed by atoms with Crippen molar-refractivity contribution in [1.82, 2.24) is 15.2 Å². The number of allylic oxidation sites excluding steroid dienone is 4. The van der Waals surface area contributed by atoms with Gasteiger partial charge in [0.15, 0.2) is 0 Å². The number of H-pyrrole nitrogens is 2. The van der Waals surface area contributed by atoms with Gasteiger partial charge in [-0.2, -0.15) is 5.10 Å². The Morgan fingerprint density at radius 2 is 1.80 bits per heavy atom. The summed E-state index contributed by atoms with van der Waals surface area (Å²) in [5, 5.41) is 8.63. The first-order chi connectivity index (χ1) is 17.1. The van der Waals surface area contributed by atoms with E-state index in [1.807, 2.05) is 64.1 Å². The molecular weight excluding hydrogens is 435 g/mol. The van der Waals surface area contributed by atoms with Crippen LogP contribution >= 0.6 is 0 Å². The average molecular weight is 467 g/mol. The predicted octanol–water partition coefficient (Wildman–Crippen LogP) is 8.27. The van der Waals surface area contributed by atoms with Gasteiger partial charge in [0.2, 0.25) is 0 Å². The van der Waals surface area contributed by atoms with E-state index in [0.717, 1.165) is 50.4 Å². The molecule has 2 N–H and O–H groups in total. The fourth-order valence-electron chi connectivity index (χ4n) is 3.91. The molecule has 0 amide bonds. The molecule has 2 aromatic carbocycles. The summed E-state index contributed by atoms with van der Waals surface area (Å²) >= 11 is 0. The van der Waals surface area contributed by atoms with Crippen LogP contribution in [-0.2, 0) is 0 Å². The highest BCUT2D eigenvalue weighted by atomic mass is 19.1. The van der Waals surface area contributed by atoms with Crippen LogP contribution in [0, 0.1) is 12.7 Å². The van der Waals surface area contributed by atoms with E-state index in [1.54, 1.807) is 30.5 Å². The van der Waals surface area contributed by atoms with Crippen LogP contribution < -0.4 is 0 Å². The first-order valence-electron chi connectivity index (χ1n) is 11.6. The lowest BCUT2D eigenvalue weighted by Gasteiger charge is -2.08.